The highest BCUT2D eigenvalue weighted by atomic mass is 15.0. The molecule has 0 N–H and O–H groups in total. The minimum Gasteiger partial charge on any atom is -0.335 e. The van der Waals surface area contributed by atoms with Crippen molar-refractivity contribution in [3.8, 4) is 0 Å². The van der Waals surface area contributed by atoms with Gasteiger partial charge in [0.25, 0.3) is 0 Å². The van der Waals surface area contributed by atoms with Crippen molar-refractivity contribution in [1.82, 2.24) is 9.55 Å². The standard InChI is InChI=1S/C7H12N2.B/c1-3-7-8-5-6-9(7)4-2;/h5-6H,3-4H2,1-2H3;. The van der Waals surface area contributed by atoms with E-state index in [1.165, 1.54) is 5.82 Å². The van der Waals surface area contributed by atoms with Gasteiger partial charge in [-0.15, -0.1) is 0 Å². The first-order valence-electron chi connectivity index (χ1n) is 3.38. The first-order chi connectivity index (χ1) is 4.38. The van der Waals surface area contributed by atoms with Crippen LogP contribution in [-0.2, 0) is 13.0 Å². The Kier molecular flexibility index (Phi) is 3.85. The number of imidazole rings is 1. The molecule has 0 atom stereocenters. The van der Waals surface area contributed by atoms with Gasteiger partial charge in [-0.2, -0.15) is 0 Å². The fourth-order valence-electron chi connectivity index (χ4n) is 0.942. The van der Waals surface area contributed by atoms with Gasteiger partial charge >= 0.3 is 0 Å². The zero-order valence-corrected chi connectivity index (χ0v) is 6.54. The molecule has 2 nitrogen and oxygen atoms in total. The lowest BCUT2D eigenvalue weighted by atomic mass is 10.4. The summed E-state index contributed by atoms with van der Waals surface area (Å²) in [6, 6.07) is 0. The van der Waals surface area contributed by atoms with Crippen molar-refractivity contribution >= 4 is 8.41 Å². The van der Waals surface area contributed by atoms with E-state index in [0.29, 0.717) is 0 Å². The van der Waals surface area contributed by atoms with Crippen LogP contribution < -0.4 is 0 Å². The summed E-state index contributed by atoms with van der Waals surface area (Å²) in [6.45, 7) is 5.28. The van der Waals surface area contributed by atoms with Gasteiger partial charge in [0.15, 0.2) is 0 Å². The lowest BCUT2D eigenvalue weighted by molar-refractivity contribution is 0.705. The third kappa shape index (κ3) is 1.63. The number of aromatic nitrogens is 2. The molecule has 0 aliphatic heterocycles. The Morgan fingerprint density at radius 2 is 2.20 bits per heavy atom. The molecular weight excluding hydrogens is 123 g/mol. The SMILES string of the molecule is CCc1nccn1CC.[B]. The monoisotopic (exact) mass is 135 g/mol. The van der Waals surface area contributed by atoms with Crippen molar-refractivity contribution in [2.45, 2.75) is 26.8 Å². The number of nitrogens with zero attached hydrogens (tertiary/aromatic N) is 2. The zero-order valence-electron chi connectivity index (χ0n) is 6.54. The van der Waals surface area contributed by atoms with Crippen molar-refractivity contribution in [3.63, 3.8) is 0 Å². The first-order valence-corrected chi connectivity index (χ1v) is 3.38. The summed E-state index contributed by atoms with van der Waals surface area (Å²) >= 11 is 0. The summed E-state index contributed by atoms with van der Waals surface area (Å²) in [5.74, 6) is 1.18. The number of hydrogen-bond acceptors (Lipinski definition) is 1. The summed E-state index contributed by atoms with van der Waals surface area (Å²) in [5, 5.41) is 0. The third-order valence-corrected chi connectivity index (χ3v) is 1.46. The molecule has 0 fully saturated rings. The van der Waals surface area contributed by atoms with E-state index in [1.807, 2.05) is 12.4 Å². The lowest BCUT2D eigenvalue weighted by Crippen LogP contribution is -1.98. The highest BCUT2D eigenvalue weighted by Gasteiger charge is 1.94. The number of aryl methyl sites for hydroxylation is 2. The molecule has 1 heterocycles. The van der Waals surface area contributed by atoms with E-state index in [2.05, 4.69) is 23.4 Å². The van der Waals surface area contributed by atoms with E-state index in [0.717, 1.165) is 13.0 Å². The molecular formula is C7H12BN2. The van der Waals surface area contributed by atoms with Gasteiger partial charge in [-0.25, -0.2) is 4.98 Å². The molecule has 3 heteroatoms. The molecule has 0 saturated heterocycles. The van der Waals surface area contributed by atoms with Crippen molar-refractivity contribution in [2.75, 3.05) is 0 Å². The van der Waals surface area contributed by atoms with Gasteiger partial charge in [-0.3, -0.25) is 0 Å². The molecule has 0 spiro atoms. The van der Waals surface area contributed by atoms with Gasteiger partial charge in [0.05, 0.1) is 0 Å². The zero-order chi connectivity index (χ0) is 6.69. The van der Waals surface area contributed by atoms with Gasteiger partial charge in [0.1, 0.15) is 5.82 Å². The van der Waals surface area contributed by atoms with Gasteiger partial charge in [-0.1, -0.05) is 6.92 Å². The van der Waals surface area contributed by atoms with Crippen LogP contribution in [-0.4, -0.2) is 18.0 Å². The van der Waals surface area contributed by atoms with E-state index < -0.39 is 0 Å². The molecule has 0 aliphatic rings. The fraction of sp³-hybridized carbons (Fsp3) is 0.571. The molecule has 0 bridgehead atoms. The van der Waals surface area contributed by atoms with E-state index in [-0.39, 0.29) is 8.41 Å². The van der Waals surface area contributed by atoms with E-state index in [9.17, 15) is 0 Å². The largest absolute Gasteiger partial charge is 0.335 e. The minimum atomic E-state index is 0. The Morgan fingerprint density at radius 1 is 1.50 bits per heavy atom. The molecule has 10 heavy (non-hydrogen) atoms. The molecule has 0 aliphatic carbocycles. The Morgan fingerprint density at radius 3 is 2.60 bits per heavy atom. The molecule has 1 aromatic rings. The summed E-state index contributed by atoms with van der Waals surface area (Å²) in [7, 11) is 0. The normalized spacial score (nSPS) is 9.00. The maximum absolute atomic E-state index is 4.17. The molecule has 1 aromatic heterocycles. The summed E-state index contributed by atoms with van der Waals surface area (Å²) < 4.78 is 2.15. The second-order valence-electron chi connectivity index (χ2n) is 1.98. The molecule has 1 rings (SSSR count). The van der Waals surface area contributed by atoms with Crippen LogP contribution in [0.4, 0.5) is 0 Å². The van der Waals surface area contributed by atoms with Gasteiger partial charge in [-0.05, 0) is 6.92 Å². The number of rotatable bonds is 2. The fourth-order valence-corrected chi connectivity index (χ4v) is 0.942. The van der Waals surface area contributed by atoms with Gasteiger partial charge in [0, 0.05) is 33.8 Å². The predicted molar refractivity (Wildman–Crippen MR) is 43.0 cm³/mol. The molecule has 0 unspecified atom stereocenters. The second kappa shape index (κ2) is 4.15. The van der Waals surface area contributed by atoms with E-state index in [4.69, 9.17) is 0 Å². The molecule has 3 radical (unpaired) electrons. The average molecular weight is 135 g/mol. The van der Waals surface area contributed by atoms with Crippen molar-refractivity contribution in [3.05, 3.63) is 18.2 Å². The molecule has 0 amide bonds. The van der Waals surface area contributed by atoms with E-state index in [1.54, 1.807) is 0 Å². The van der Waals surface area contributed by atoms with Crippen LogP contribution in [0.1, 0.15) is 19.7 Å². The summed E-state index contributed by atoms with van der Waals surface area (Å²) in [5.41, 5.74) is 0. The highest BCUT2D eigenvalue weighted by Crippen LogP contribution is 1.96. The van der Waals surface area contributed by atoms with Crippen molar-refractivity contribution in [2.24, 2.45) is 0 Å². The minimum absolute atomic E-state index is 0. The molecule has 0 aromatic carbocycles. The smallest absolute Gasteiger partial charge is 0.108 e. The van der Waals surface area contributed by atoms with Crippen LogP contribution in [0.15, 0.2) is 12.4 Å². The second-order valence-corrected chi connectivity index (χ2v) is 1.98. The predicted octanol–water partition coefficient (Wildman–Crippen LogP) is 1.08. The maximum Gasteiger partial charge on any atom is 0.108 e. The van der Waals surface area contributed by atoms with E-state index >= 15 is 0 Å². The van der Waals surface area contributed by atoms with Crippen LogP contribution in [0.3, 0.4) is 0 Å². The summed E-state index contributed by atoms with van der Waals surface area (Å²) in [4.78, 5) is 4.17. The molecule has 0 saturated carbocycles. The van der Waals surface area contributed by atoms with Gasteiger partial charge in [0.2, 0.25) is 0 Å². The quantitative estimate of drug-likeness (QED) is 0.555. The Balaban J connectivity index is 0.000000810. The van der Waals surface area contributed by atoms with Crippen LogP contribution in [0.2, 0.25) is 0 Å². The molecule has 53 valence electrons. The Labute approximate surface area is 63.9 Å². The Bertz CT molecular complexity index is 165. The maximum atomic E-state index is 4.17. The van der Waals surface area contributed by atoms with Crippen LogP contribution in [0.5, 0.6) is 0 Å². The van der Waals surface area contributed by atoms with Crippen LogP contribution in [0.25, 0.3) is 0 Å². The van der Waals surface area contributed by atoms with Crippen molar-refractivity contribution < 1.29 is 0 Å². The summed E-state index contributed by atoms with van der Waals surface area (Å²) in [6.07, 6.45) is 4.89. The highest BCUT2D eigenvalue weighted by molar-refractivity contribution is 5.75. The first kappa shape index (κ1) is 9.27. The topological polar surface area (TPSA) is 17.8 Å². The number of hydrogen-bond donors (Lipinski definition) is 0. The Hall–Kier alpha value is -0.725. The average Bonchev–Trinajstić information content (AvgIpc) is 2.33. The van der Waals surface area contributed by atoms with Gasteiger partial charge < -0.3 is 4.57 Å². The van der Waals surface area contributed by atoms with Crippen molar-refractivity contribution in [1.29, 1.82) is 0 Å². The lowest BCUT2D eigenvalue weighted by Gasteiger charge is -1.98. The van der Waals surface area contributed by atoms with Crippen LogP contribution >= 0.6 is 0 Å². The third-order valence-electron chi connectivity index (χ3n) is 1.46. The van der Waals surface area contributed by atoms with Crippen LogP contribution in [0, 0.1) is 0 Å².